The molecule has 0 unspecified atom stereocenters. The van der Waals surface area contributed by atoms with Gasteiger partial charge in [0.2, 0.25) is 0 Å². The Balaban J connectivity index is 1.67. The molecule has 2 nitrogen and oxygen atoms in total. The van der Waals surface area contributed by atoms with Crippen LogP contribution in [0.4, 0.5) is 0 Å². The highest BCUT2D eigenvalue weighted by Gasteiger charge is 2.19. The predicted octanol–water partition coefficient (Wildman–Crippen LogP) is 6.20. The molecule has 0 spiro atoms. The molecule has 0 aromatic heterocycles. The Morgan fingerprint density at radius 3 is 1.92 bits per heavy atom. The van der Waals surface area contributed by atoms with Crippen molar-refractivity contribution in [1.82, 2.24) is 0 Å². The normalized spacial score (nSPS) is 19.9. The molecule has 0 amide bonds. The molecule has 0 heterocycles. The second kappa shape index (κ2) is 8.44. The smallest absolute Gasteiger partial charge is 0.170 e. The van der Waals surface area contributed by atoms with E-state index in [2.05, 4.69) is 31.2 Å². The number of hydrogen-bond acceptors (Lipinski definition) is 2. The zero-order chi connectivity index (χ0) is 18.5. The van der Waals surface area contributed by atoms with Crippen molar-refractivity contribution in [3.8, 4) is 11.1 Å². The van der Waals surface area contributed by atoms with E-state index >= 15 is 0 Å². The van der Waals surface area contributed by atoms with Crippen molar-refractivity contribution in [1.29, 1.82) is 0 Å². The Morgan fingerprint density at radius 2 is 1.38 bits per heavy atom. The minimum atomic E-state index is -0.0923. The van der Waals surface area contributed by atoms with Crippen molar-refractivity contribution in [2.75, 3.05) is 0 Å². The van der Waals surface area contributed by atoms with Crippen molar-refractivity contribution in [3.63, 3.8) is 0 Å². The second-order valence-corrected chi connectivity index (χ2v) is 7.65. The summed E-state index contributed by atoms with van der Waals surface area (Å²) < 4.78 is 0. The first-order valence-electron chi connectivity index (χ1n) is 9.82. The average molecular weight is 348 g/mol. The summed E-state index contributed by atoms with van der Waals surface area (Å²) in [6.45, 7) is 4.14. The monoisotopic (exact) mass is 348 g/mol. The van der Waals surface area contributed by atoms with Gasteiger partial charge in [-0.1, -0.05) is 75.2 Å². The van der Waals surface area contributed by atoms with E-state index in [0.29, 0.717) is 17.9 Å². The number of benzene rings is 2. The van der Waals surface area contributed by atoms with Gasteiger partial charge in [-0.3, -0.25) is 9.59 Å². The van der Waals surface area contributed by atoms with E-state index in [9.17, 15) is 9.59 Å². The Bertz CT molecular complexity index is 748. The van der Waals surface area contributed by atoms with Gasteiger partial charge in [0.1, 0.15) is 5.78 Å². The molecule has 0 bridgehead atoms. The molecule has 0 N–H and O–H groups in total. The summed E-state index contributed by atoms with van der Waals surface area (Å²) in [5.41, 5.74) is 4.34. The molecule has 1 aliphatic rings. The van der Waals surface area contributed by atoms with Crippen molar-refractivity contribution in [2.24, 2.45) is 5.92 Å². The molecule has 3 rings (SSSR count). The molecule has 26 heavy (non-hydrogen) atoms. The van der Waals surface area contributed by atoms with E-state index in [0.717, 1.165) is 11.5 Å². The minimum Gasteiger partial charge on any atom is -0.299 e. The van der Waals surface area contributed by atoms with Gasteiger partial charge < -0.3 is 0 Å². The number of ketones is 2. The molecule has 2 heteroatoms. The molecule has 0 atom stereocenters. The number of hydrogen-bond donors (Lipinski definition) is 0. The van der Waals surface area contributed by atoms with E-state index < -0.39 is 0 Å². The van der Waals surface area contributed by atoms with Gasteiger partial charge in [0.05, 0.1) is 6.42 Å². The van der Waals surface area contributed by atoms with Crippen molar-refractivity contribution in [3.05, 3.63) is 59.7 Å². The Morgan fingerprint density at radius 1 is 0.846 bits per heavy atom. The van der Waals surface area contributed by atoms with Gasteiger partial charge in [0.15, 0.2) is 5.78 Å². The molecule has 1 saturated carbocycles. The van der Waals surface area contributed by atoms with Crippen LogP contribution in [-0.2, 0) is 4.79 Å². The maximum Gasteiger partial charge on any atom is 0.170 e. The minimum absolute atomic E-state index is 0.00451. The number of carbonyl (C=O) groups excluding carboxylic acids is 2. The molecular weight excluding hydrogens is 320 g/mol. The lowest BCUT2D eigenvalue weighted by molar-refractivity contribution is -0.117. The fraction of sp³-hybridized carbons (Fsp3) is 0.417. The lowest BCUT2D eigenvalue weighted by atomic mass is 9.79. The van der Waals surface area contributed by atoms with Gasteiger partial charge in [-0.15, -0.1) is 0 Å². The topological polar surface area (TPSA) is 34.1 Å². The van der Waals surface area contributed by atoms with Crippen LogP contribution in [0.5, 0.6) is 0 Å². The summed E-state index contributed by atoms with van der Waals surface area (Å²) in [6, 6.07) is 16.5. The second-order valence-electron chi connectivity index (χ2n) is 7.65. The maximum absolute atomic E-state index is 12.1. The van der Waals surface area contributed by atoms with Crippen LogP contribution >= 0.6 is 0 Å². The number of Topliss-reactive ketones (excluding diaryl/α,β-unsaturated/α-hetero) is 2. The molecular formula is C24H28O2. The third-order valence-electron chi connectivity index (χ3n) is 5.69. The van der Waals surface area contributed by atoms with Crippen LogP contribution in [0, 0.1) is 5.92 Å². The molecule has 136 valence electrons. The van der Waals surface area contributed by atoms with E-state index in [4.69, 9.17) is 0 Å². The Hall–Kier alpha value is -2.22. The van der Waals surface area contributed by atoms with Crippen LogP contribution in [0.15, 0.2) is 48.5 Å². The quantitative estimate of drug-likeness (QED) is 0.460. The van der Waals surface area contributed by atoms with Gasteiger partial charge in [-0.25, -0.2) is 0 Å². The first-order valence-corrected chi connectivity index (χ1v) is 9.82. The highest BCUT2D eigenvalue weighted by atomic mass is 16.1. The van der Waals surface area contributed by atoms with E-state index in [1.54, 1.807) is 6.92 Å². The van der Waals surface area contributed by atoms with Gasteiger partial charge in [0.25, 0.3) is 0 Å². The van der Waals surface area contributed by atoms with Crippen molar-refractivity contribution in [2.45, 2.75) is 58.3 Å². The first kappa shape index (κ1) is 18.6. The van der Waals surface area contributed by atoms with Crippen LogP contribution in [0.25, 0.3) is 11.1 Å². The van der Waals surface area contributed by atoms with E-state index in [1.165, 1.54) is 36.8 Å². The highest BCUT2D eigenvalue weighted by molar-refractivity contribution is 6.08. The Labute approximate surface area is 156 Å². The van der Waals surface area contributed by atoms with Gasteiger partial charge in [-0.05, 0) is 41.4 Å². The van der Waals surface area contributed by atoms with Gasteiger partial charge in [0, 0.05) is 12.0 Å². The van der Waals surface area contributed by atoms with Crippen LogP contribution in [0.2, 0.25) is 0 Å². The standard InChI is InChI=1S/C24H28O2/c1-3-23(25)16-24(26)22-14-12-21(13-15-22)20-10-8-19(9-11-20)18-6-4-17(2)5-7-18/h8-15,17-18H,3-7,16H2,1-2H3. The van der Waals surface area contributed by atoms with Crippen LogP contribution < -0.4 is 0 Å². The zero-order valence-electron chi connectivity index (χ0n) is 15.8. The summed E-state index contributed by atoms with van der Waals surface area (Å²) in [6.07, 6.45) is 5.69. The summed E-state index contributed by atoms with van der Waals surface area (Å²) in [4.78, 5) is 23.5. The summed E-state index contributed by atoms with van der Waals surface area (Å²) >= 11 is 0. The number of rotatable bonds is 6. The molecule has 1 fully saturated rings. The Kier molecular flexibility index (Phi) is 6.03. The fourth-order valence-corrected chi connectivity index (χ4v) is 3.80. The zero-order valence-corrected chi connectivity index (χ0v) is 15.8. The first-order chi connectivity index (χ1) is 12.6. The van der Waals surface area contributed by atoms with Crippen molar-refractivity contribution >= 4 is 11.6 Å². The van der Waals surface area contributed by atoms with E-state index in [-0.39, 0.29) is 18.0 Å². The van der Waals surface area contributed by atoms with Crippen molar-refractivity contribution < 1.29 is 9.59 Å². The maximum atomic E-state index is 12.1. The summed E-state index contributed by atoms with van der Waals surface area (Å²) in [5.74, 6) is 1.48. The van der Waals surface area contributed by atoms with Crippen LogP contribution in [-0.4, -0.2) is 11.6 Å². The molecule has 0 saturated heterocycles. The van der Waals surface area contributed by atoms with Crippen LogP contribution in [0.1, 0.15) is 74.2 Å². The summed E-state index contributed by atoms with van der Waals surface area (Å²) in [7, 11) is 0. The third kappa shape index (κ3) is 4.49. The molecule has 0 aliphatic heterocycles. The lowest BCUT2D eigenvalue weighted by Gasteiger charge is -2.26. The molecule has 2 aromatic carbocycles. The fourth-order valence-electron chi connectivity index (χ4n) is 3.80. The number of carbonyl (C=O) groups is 2. The highest BCUT2D eigenvalue weighted by Crippen LogP contribution is 2.36. The average Bonchev–Trinajstić information content (AvgIpc) is 2.68. The van der Waals surface area contributed by atoms with Gasteiger partial charge >= 0.3 is 0 Å². The summed E-state index contributed by atoms with van der Waals surface area (Å²) in [5, 5.41) is 0. The largest absolute Gasteiger partial charge is 0.299 e. The molecule has 0 radical (unpaired) electrons. The third-order valence-corrected chi connectivity index (χ3v) is 5.69. The molecule has 2 aromatic rings. The van der Waals surface area contributed by atoms with E-state index in [1.807, 2.05) is 24.3 Å². The molecule has 1 aliphatic carbocycles. The van der Waals surface area contributed by atoms with Gasteiger partial charge in [-0.2, -0.15) is 0 Å². The predicted molar refractivity (Wildman–Crippen MR) is 106 cm³/mol. The van der Waals surface area contributed by atoms with Crippen LogP contribution in [0.3, 0.4) is 0 Å². The SMILES string of the molecule is CCC(=O)CC(=O)c1ccc(-c2ccc(C3CCC(C)CC3)cc2)cc1. The lowest BCUT2D eigenvalue weighted by Crippen LogP contribution is -2.10.